The first-order chi connectivity index (χ1) is 8.63. The first-order valence-electron chi connectivity index (χ1n) is 5.95. The number of ether oxygens (including phenoxy) is 1. The van der Waals surface area contributed by atoms with Crippen molar-refractivity contribution in [2.24, 2.45) is 0 Å². The van der Waals surface area contributed by atoms with Gasteiger partial charge in [-0.2, -0.15) is 0 Å². The molecule has 0 aliphatic carbocycles. The van der Waals surface area contributed by atoms with Crippen LogP contribution in [0.4, 0.5) is 4.79 Å². The van der Waals surface area contributed by atoms with E-state index in [2.05, 4.69) is 4.90 Å². The molecule has 0 radical (unpaired) electrons. The number of nitrogens with zero attached hydrogens (tertiary/aromatic N) is 2. The van der Waals surface area contributed by atoms with E-state index in [0.29, 0.717) is 0 Å². The summed E-state index contributed by atoms with van der Waals surface area (Å²) < 4.78 is 6.37. The minimum atomic E-state index is -0.345. The van der Waals surface area contributed by atoms with Crippen LogP contribution in [0.2, 0.25) is 0 Å². The van der Waals surface area contributed by atoms with E-state index in [1.54, 1.807) is 4.57 Å². The maximum Gasteiger partial charge on any atom is 0.418 e. The van der Waals surface area contributed by atoms with E-state index in [0.717, 1.165) is 23.9 Å². The maximum absolute atomic E-state index is 11.7. The molecule has 1 heterocycles. The fourth-order valence-electron chi connectivity index (χ4n) is 2.04. The molecule has 0 atom stereocenters. The highest BCUT2D eigenvalue weighted by Crippen LogP contribution is 2.22. The van der Waals surface area contributed by atoms with Gasteiger partial charge >= 0.3 is 6.09 Å². The van der Waals surface area contributed by atoms with Gasteiger partial charge in [-0.15, -0.1) is 0 Å². The monoisotopic (exact) mass is 246 g/mol. The van der Waals surface area contributed by atoms with Gasteiger partial charge in [0, 0.05) is 18.1 Å². The highest BCUT2D eigenvalue weighted by Gasteiger charge is 2.13. The van der Waals surface area contributed by atoms with Crippen molar-refractivity contribution >= 4 is 17.0 Å². The third kappa shape index (κ3) is 2.38. The molecular weight excluding hydrogens is 228 g/mol. The van der Waals surface area contributed by atoms with Gasteiger partial charge in [0.05, 0.1) is 12.6 Å². The lowest BCUT2D eigenvalue weighted by molar-refractivity contribution is 0.174. The van der Waals surface area contributed by atoms with Gasteiger partial charge in [0.2, 0.25) is 0 Å². The summed E-state index contributed by atoms with van der Waals surface area (Å²) in [4.78, 5) is 13.8. The second kappa shape index (κ2) is 5.23. The standard InChI is InChI=1S/C14H18N2O2/c1-15(2)9-8-11-10-16(14(17)18-3)13-7-5-4-6-12(11)13/h4-7,10H,8-9H2,1-3H3. The highest BCUT2D eigenvalue weighted by atomic mass is 16.5. The van der Waals surface area contributed by atoms with E-state index in [1.165, 1.54) is 12.7 Å². The fraction of sp³-hybridized carbons (Fsp3) is 0.357. The van der Waals surface area contributed by atoms with E-state index in [9.17, 15) is 4.79 Å². The molecule has 0 saturated heterocycles. The Kier molecular flexibility index (Phi) is 3.67. The summed E-state index contributed by atoms with van der Waals surface area (Å²) in [6.07, 6.45) is 2.44. The topological polar surface area (TPSA) is 34.5 Å². The Labute approximate surface area is 107 Å². The Hall–Kier alpha value is -1.81. The zero-order valence-electron chi connectivity index (χ0n) is 11.0. The Bertz CT molecular complexity index is 558. The molecule has 18 heavy (non-hydrogen) atoms. The largest absolute Gasteiger partial charge is 0.452 e. The molecule has 2 aromatic rings. The lowest BCUT2D eigenvalue weighted by Gasteiger charge is -2.07. The van der Waals surface area contributed by atoms with Crippen LogP contribution in [0.3, 0.4) is 0 Å². The quantitative estimate of drug-likeness (QED) is 0.833. The second-order valence-corrected chi connectivity index (χ2v) is 4.56. The molecule has 2 rings (SSSR count). The number of rotatable bonds is 3. The van der Waals surface area contributed by atoms with Gasteiger partial charge < -0.3 is 9.64 Å². The summed E-state index contributed by atoms with van der Waals surface area (Å²) in [5.74, 6) is 0. The van der Waals surface area contributed by atoms with Crippen molar-refractivity contribution in [1.29, 1.82) is 0 Å². The molecule has 0 fully saturated rings. The molecule has 4 heteroatoms. The molecule has 0 bridgehead atoms. The number of aromatic nitrogens is 1. The Morgan fingerprint density at radius 2 is 2.06 bits per heavy atom. The van der Waals surface area contributed by atoms with E-state index in [4.69, 9.17) is 4.74 Å². The zero-order valence-corrected chi connectivity index (χ0v) is 11.0. The Morgan fingerprint density at radius 3 is 2.72 bits per heavy atom. The van der Waals surface area contributed by atoms with Gasteiger partial charge in [-0.3, -0.25) is 4.57 Å². The highest BCUT2D eigenvalue weighted by molar-refractivity contribution is 5.91. The summed E-state index contributed by atoms with van der Waals surface area (Å²) in [5.41, 5.74) is 2.07. The third-order valence-corrected chi connectivity index (χ3v) is 2.99. The first-order valence-corrected chi connectivity index (χ1v) is 5.95. The summed E-state index contributed by atoms with van der Waals surface area (Å²) >= 11 is 0. The molecular formula is C14H18N2O2. The first kappa shape index (κ1) is 12.6. The SMILES string of the molecule is COC(=O)n1cc(CCN(C)C)c2ccccc21. The molecule has 1 aromatic carbocycles. The number of para-hydroxylation sites is 1. The summed E-state index contributed by atoms with van der Waals surface area (Å²) in [7, 11) is 5.48. The van der Waals surface area contributed by atoms with Crippen LogP contribution in [0.1, 0.15) is 5.56 Å². The van der Waals surface area contributed by atoms with Crippen LogP contribution in [-0.4, -0.2) is 43.3 Å². The van der Waals surface area contributed by atoms with Crippen LogP contribution in [0, 0.1) is 0 Å². The van der Waals surface area contributed by atoms with Crippen LogP contribution in [0.25, 0.3) is 10.9 Å². The molecule has 96 valence electrons. The van der Waals surface area contributed by atoms with E-state index < -0.39 is 0 Å². The van der Waals surface area contributed by atoms with E-state index in [1.807, 2.05) is 44.6 Å². The predicted octanol–water partition coefficient (Wildman–Crippen LogP) is 2.36. The molecule has 1 aromatic heterocycles. The van der Waals surface area contributed by atoms with E-state index >= 15 is 0 Å². The van der Waals surface area contributed by atoms with Gasteiger partial charge in [0.15, 0.2) is 0 Å². The van der Waals surface area contributed by atoms with Crippen molar-refractivity contribution in [3.05, 3.63) is 36.0 Å². The molecule has 0 unspecified atom stereocenters. The van der Waals surface area contributed by atoms with Gasteiger partial charge in [0.1, 0.15) is 0 Å². The number of fused-ring (bicyclic) bond motifs is 1. The number of hydrogen-bond acceptors (Lipinski definition) is 3. The predicted molar refractivity (Wildman–Crippen MR) is 72.0 cm³/mol. The second-order valence-electron chi connectivity index (χ2n) is 4.56. The van der Waals surface area contributed by atoms with Crippen LogP contribution >= 0.6 is 0 Å². The van der Waals surface area contributed by atoms with Gasteiger partial charge in [-0.25, -0.2) is 4.79 Å². The minimum Gasteiger partial charge on any atom is -0.452 e. The van der Waals surface area contributed by atoms with Gasteiger partial charge in [-0.05, 0) is 32.1 Å². The van der Waals surface area contributed by atoms with Crippen molar-refractivity contribution in [2.75, 3.05) is 27.7 Å². The smallest absolute Gasteiger partial charge is 0.418 e. The third-order valence-electron chi connectivity index (χ3n) is 2.99. The number of methoxy groups -OCH3 is 1. The van der Waals surface area contributed by atoms with Crippen molar-refractivity contribution < 1.29 is 9.53 Å². The lowest BCUT2D eigenvalue weighted by atomic mass is 10.1. The Morgan fingerprint density at radius 1 is 1.33 bits per heavy atom. The summed E-state index contributed by atoms with van der Waals surface area (Å²) in [6, 6.07) is 7.89. The molecule has 0 saturated carbocycles. The zero-order chi connectivity index (χ0) is 13.1. The van der Waals surface area contributed by atoms with Crippen molar-refractivity contribution in [3.63, 3.8) is 0 Å². The molecule has 4 nitrogen and oxygen atoms in total. The number of benzene rings is 1. The van der Waals surface area contributed by atoms with Gasteiger partial charge in [-0.1, -0.05) is 18.2 Å². The fourth-order valence-corrected chi connectivity index (χ4v) is 2.04. The van der Waals surface area contributed by atoms with E-state index in [-0.39, 0.29) is 6.09 Å². The van der Waals surface area contributed by atoms with Crippen LogP contribution in [0.5, 0.6) is 0 Å². The summed E-state index contributed by atoms with van der Waals surface area (Å²) in [5, 5.41) is 1.12. The van der Waals surface area contributed by atoms with Crippen molar-refractivity contribution in [2.45, 2.75) is 6.42 Å². The normalized spacial score (nSPS) is 11.1. The number of carbonyl (C=O) groups is 1. The van der Waals surface area contributed by atoms with Crippen LogP contribution in [-0.2, 0) is 11.2 Å². The number of hydrogen-bond donors (Lipinski definition) is 0. The van der Waals surface area contributed by atoms with Crippen LogP contribution < -0.4 is 0 Å². The molecule has 0 spiro atoms. The molecule has 0 aliphatic rings. The van der Waals surface area contributed by atoms with Crippen molar-refractivity contribution in [3.8, 4) is 0 Å². The molecule has 0 N–H and O–H groups in total. The van der Waals surface area contributed by atoms with Crippen molar-refractivity contribution in [1.82, 2.24) is 9.47 Å². The average molecular weight is 246 g/mol. The Balaban J connectivity index is 2.44. The van der Waals surface area contributed by atoms with Gasteiger partial charge in [0.25, 0.3) is 0 Å². The number of carbonyl (C=O) groups excluding carboxylic acids is 1. The minimum absolute atomic E-state index is 0.345. The number of likely N-dealkylation sites (N-methyl/N-ethyl adjacent to an activating group) is 1. The maximum atomic E-state index is 11.7. The lowest BCUT2D eigenvalue weighted by Crippen LogP contribution is -2.15. The molecule has 0 amide bonds. The average Bonchev–Trinajstić information content (AvgIpc) is 2.74. The molecule has 0 aliphatic heterocycles. The summed E-state index contributed by atoms with van der Waals surface area (Å²) in [6.45, 7) is 0.954. The van der Waals surface area contributed by atoms with Crippen LogP contribution in [0.15, 0.2) is 30.5 Å².